The molecule has 7 heteroatoms. The number of benzene rings is 3. The van der Waals surface area contributed by atoms with Crippen molar-refractivity contribution in [1.29, 1.82) is 0 Å². The van der Waals surface area contributed by atoms with Crippen LogP contribution < -0.4 is 15.8 Å². The fourth-order valence-corrected chi connectivity index (χ4v) is 4.02. The average molecular weight is 452 g/mol. The Hall–Kier alpha value is -4.39. The smallest absolute Gasteiger partial charge is 0.261 e. The van der Waals surface area contributed by atoms with Gasteiger partial charge in [0, 0.05) is 11.4 Å². The highest BCUT2D eigenvalue weighted by atomic mass is 16.5. The Labute approximate surface area is 197 Å². The summed E-state index contributed by atoms with van der Waals surface area (Å²) in [7, 11) is 0. The maximum Gasteiger partial charge on any atom is 0.261 e. The molecule has 0 atom stereocenters. The predicted molar refractivity (Wildman–Crippen MR) is 136 cm³/mol. The molecule has 2 aromatic heterocycles. The first-order valence-corrected chi connectivity index (χ1v) is 11.3. The molecule has 0 aliphatic carbocycles. The third-order valence-electron chi connectivity index (χ3n) is 5.75. The first-order valence-electron chi connectivity index (χ1n) is 11.3. The number of nitrogen functional groups attached to an aromatic ring is 1. The van der Waals surface area contributed by atoms with E-state index in [-0.39, 0.29) is 11.7 Å². The quantitative estimate of drug-likeness (QED) is 0.362. The standard InChI is InChI=1S/C27H25N5O2/c1-3-17-9-13-19(14-10-17)32-25(28)23(24-26(32)31-22-8-6-5-7-21(22)30-24)27(33)29-18-11-15-20(16-12-18)34-4-2/h5-16H,3-4,28H2,1-2H3,(H,29,33). The largest absolute Gasteiger partial charge is 0.494 e. The highest BCUT2D eigenvalue weighted by molar-refractivity contribution is 6.16. The van der Waals surface area contributed by atoms with Crippen molar-refractivity contribution in [2.45, 2.75) is 20.3 Å². The lowest BCUT2D eigenvalue weighted by atomic mass is 10.1. The molecule has 0 saturated heterocycles. The lowest BCUT2D eigenvalue weighted by Crippen LogP contribution is -2.14. The van der Waals surface area contributed by atoms with Crippen LogP contribution in [-0.2, 0) is 6.42 Å². The molecule has 0 bridgehead atoms. The van der Waals surface area contributed by atoms with Crippen LogP contribution in [0, 0.1) is 0 Å². The molecule has 3 aromatic carbocycles. The van der Waals surface area contributed by atoms with E-state index in [1.807, 2.05) is 55.5 Å². The van der Waals surface area contributed by atoms with Gasteiger partial charge in [0.1, 0.15) is 22.6 Å². The summed E-state index contributed by atoms with van der Waals surface area (Å²) in [5.41, 5.74) is 12.0. The van der Waals surface area contributed by atoms with E-state index >= 15 is 0 Å². The van der Waals surface area contributed by atoms with Gasteiger partial charge in [0.15, 0.2) is 5.65 Å². The van der Waals surface area contributed by atoms with Crippen LogP contribution in [0.5, 0.6) is 5.75 Å². The second-order valence-electron chi connectivity index (χ2n) is 7.91. The first kappa shape index (κ1) is 21.5. The summed E-state index contributed by atoms with van der Waals surface area (Å²) in [4.78, 5) is 23.0. The molecule has 0 saturated carbocycles. The maximum atomic E-state index is 13.4. The third kappa shape index (κ3) is 3.81. The second kappa shape index (κ2) is 8.86. The molecule has 7 nitrogen and oxygen atoms in total. The number of amides is 1. The summed E-state index contributed by atoms with van der Waals surface area (Å²) in [6, 6.07) is 22.9. The van der Waals surface area contributed by atoms with Crippen molar-refractivity contribution in [1.82, 2.24) is 14.5 Å². The number of hydrogen-bond donors (Lipinski definition) is 2. The molecule has 34 heavy (non-hydrogen) atoms. The van der Waals surface area contributed by atoms with Gasteiger partial charge in [0.05, 0.1) is 17.6 Å². The van der Waals surface area contributed by atoms with Crippen molar-refractivity contribution < 1.29 is 9.53 Å². The van der Waals surface area contributed by atoms with Gasteiger partial charge in [-0.1, -0.05) is 31.2 Å². The minimum Gasteiger partial charge on any atom is -0.494 e. The molecule has 0 aliphatic heterocycles. The van der Waals surface area contributed by atoms with E-state index in [2.05, 4.69) is 24.4 Å². The van der Waals surface area contributed by atoms with E-state index in [1.54, 1.807) is 16.7 Å². The van der Waals surface area contributed by atoms with Crippen molar-refractivity contribution in [3.63, 3.8) is 0 Å². The molecular weight excluding hydrogens is 426 g/mol. The zero-order chi connectivity index (χ0) is 23.7. The molecule has 5 rings (SSSR count). The molecule has 2 heterocycles. The van der Waals surface area contributed by atoms with Gasteiger partial charge in [-0.25, -0.2) is 9.97 Å². The Morgan fingerprint density at radius 1 is 0.941 bits per heavy atom. The number of para-hydroxylation sites is 2. The summed E-state index contributed by atoms with van der Waals surface area (Å²) in [5, 5.41) is 2.94. The molecule has 0 fully saturated rings. The van der Waals surface area contributed by atoms with Gasteiger partial charge in [-0.2, -0.15) is 0 Å². The number of nitrogens with two attached hydrogens (primary N) is 1. The maximum absolute atomic E-state index is 13.4. The van der Waals surface area contributed by atoms with E-state index in [0.29, 0.717) is 34.5 Å². The van der Waals surface area contributed by atoms with Gasteiger partial charge in [0.25, 0.3) is 5.91 Å². The van der Waals surface area contributed by atoms with Crippen molar-refractivity contribution in [2.75, 3.05) is 17.7 Å². The molecule has 0 radical (unpaired) electrons. The summed E-state index contributed by atoms with van der Waals surface area (Å²) in [6.45, 7) is 4.61. The highest BCUT2D eigenvalue weighted by Gasteiger charge is 2.25. The molecule has 5 aromatic rings. The van der Waals surface area contributed by atoms with Gasteiger partial charge in [0.2, 0.25) is 0 Å². The van der Waals surface area contributed by atoms with E-state index < -0.39 is 0 Å². The number of aromatic nitrogens is 3. The molecule has 0 spiro atoms. The minimum atomic E-state index is -0.347. The number of nitrogens with one attached hydrogen (secondary N) is 1. The van der Waals surface area contributed by atoms with Crippen molar-refractivity contribution >= 4 is 39.6 Å². The third-order valence-corrected chi connectivity index (χ3v) is 5.75. The number of ether oxygens (including phenoxy) is 1. The van der Waals surface area contributed by atoms with Crippen molar-refractivity contribution in [2.24, 2.45) is 0 Å². The molecule has 0 aliphatic rings. The topological polar surface area (TPSA) is 95.1 Å². The summed E-state index contributed by atoms with van der Waals surface area (Å²) >= 11 is 0. The molecular formula is C27H25N5O2. The SMILES string of the molecule is CCOc1ccc(NC(=O)c2c(N)n(-c3ccc(CC)cc3)c3nc4ccccc4nc23)cc1. The summed E-state index contributed by atoms with van der Waals surface area (Å²) in [6.07, 6.45) is 0.933. The lowest BCUT2D eigenvalue weighted by Gasteiger charge is -2.09. The normalized spacial score (nSPS) is 11.1. The van der Waals surface area contributed by atoms with Gasteiger partial charge in [-0.05, 0) is 67.4 Å². The number of rotatable bonds is 6. The Balaban J connectivity index is 1.64. The van der Waals surface area contributed by atoms with Gasteiger partial charge < -0.3 is 15.8 Å². The average Bonchev–Trinajstić information content (AvgIpc) is 3.14. The molecule has 1 amide bonds. The Morgan fingerprint density at radius 3 is 2.26 bits per heavy atom. The van der Waals surface area contributed by atoms with E-state index in [1.165, 1.54) is 5.56 Å². The van der Waals surface area contributed by atoms with Crippen LogP contribution in [0.1, 0.15) is 29.8 Å². The second-order valence-corrected chi connectivity index (χ2v) is 7.91. The Bertz CT molecular complexity index is 1490. The molecule has 170 valence electrons. The minimum absolute atomic E-state index is 0.290. The Morgan fingerprint density at radius 2 is 1.62 bits per heavy atom. The summed E-state index contributed by atoms with van der Waals surface area (Å²) < 4.78 is 7.28. The van der Waals surface area contributed by atoms with Crippen molar-refractivity contribution in [3.05, 3.63) is 83.9 Å². The number of fused-ring (bicyclic) bond motifs is 2. The molecule has 0 unspecified atom stereocenters. The number of carbonyl (C=O) groups excluding carboxylic acids is 1. The van der Waals surface area contributed by atoms with Crippen LogP contribution in [0.2, 0.25) is 0 Å². The van der Waals surface area contributed by atoms with Crippen LogP contribution in [-0.4, -0.2) is 27.0 Å². The van der Waals surface area contributed by atoms with Gasteiger partial charge in [-0.15, -0.1) is 0 Å². The number of nitrogens with zero attached hydrogens (tertiary/aromatic N) is 3. The fraction of sp³-hybridized carbons (Fsp3) is 0.148. The summed E-state index contributed by atoms with van der Waals surface area (Å²) in [5.74, 6) is 0.683. The van der Waals surface area contributed by atoms with Crippen LogP contribution in [0.15, 0.2) is 72.8 Å². The fourth-order valence-electron chi connectivity index (χ4n) is 4.02. The van der Waals surface area contributed by atoms with E-state index in [0.717, 1.165) is 23.4 Å². The van der Waals surface area contributed by atoms with Crippen LogP contribution in [0.3, 0.4) is 0 Å². The lowest BCUT2D eigenvalue weighted by molar-refractivity contribution is 0.102. The monoisotopic (exact) mass is 451 g/mol. The van der Waals surface area contributed by atoms with Crippen LogP contribution in [0.4, 0.5) is 11.5 Å². The van der Waals surface area contributed by atoms with Crippen LogP contribution >= 0.6 is 0 Å². The van der Waals surface area contributed by atoms with Gasteiger partial charge in [-0.3, -0.25) is 9.36 Å². The molecule has 3 N–H and O–H groups in total. The van der Waals surface area contributed by atoms with E-state index in [4.69, 9.17) is 20.4 Å². The van der Waals surface area contributed by atoms with Gasteiger partial charge >= 0.3 is 0 Å². The number of hydrogen-bond acceptors (Lipinski definition) is 5. The number of aryl methyl sites for hydroxylation is 1. The number of carbonyl (C=O) groups is 1. The van der Waals surface area contributed by atoms with Crippen LogP contribution in [0.25, 0.3) is 27.9 Å². The highest BCUT2D eigenvalue weighted by Crippen LogP contribution is 2.32. The predicted octanol–water partition coefficient (Wildman–Crippen LogP) is 5.37. The van der Waals surface area contributed by atoms with Crippen molar-refractivity contribution in [3.8, 4) is 11.4 Å². The van der Waals surface area contributed by atoms with E-state index in [9.17, 15) is 4.79 Å². The first-order chi connectivity index (χ1) is 16.6. The zero-order valence-electron chi connectivity index (χ0n) is 19.1. The number of anilines is 2. The zero-order valence-corrected chi connectivity index (χ0v) is 19.1. The Kier molecular flexibility index (Phi) is 5.59.